The highest BCUT2D eigenvalue weighted by molar-refractivity contribution is 7.92. The average Bonchev–Trinajstić information content (AvgIpc) is 3.19. The van der Waals surface area contributed by atoms with E-state index in [-0.39, 0.29) is 12.3 Å². The summed E-state index contributed by atoms with van der Waals surface area (Å²) in [5.41, 5.74) is -2.05. The van der Waals surface area contributed by atoms with Crippen molar-refractivity contribution in [3.05, 3.63) is 191 Å². The summed E-state index contributed by atoms with van der Waals surface area (Å²) < 4.78 is 150. The van der Waals surface area contributed by atoms with Gasteiger partial charge in [-0.05, 0) is 48.5 Å². The van der Waals surface area contributed by atoms with E-state index in [0.29, 0.717) is 21.2 Å². The number of hydrogen-bond donors (Lipinski definition) is 0. The van der Waals surface area contributed by atoms with Gasteiger partial charge in [0.25, 0.3) is 0 Å². The Bertz CT molecular complexity index is 1900. The summed E-state index contributed by atoms with van der Waals surface area (Å²) >= 11 is 0. The maximum Gasteiger partial charge on any atom is 0.200 e. The second kappa shape index (κ2) is 15.2. The first-order valence-corrected chi connectivity index (χ1v) is 20.2. The molecule has 0 fully saturated rings. The molecule has 0 saturated carbocycles. The van der Waals surface area contributed by atoms with Crippen LogP contribution in [0.4, 0.5) is 43.9 Å². The van der Waals surface area contributed by atoms with Gasteiger partial charge in [-0.2, -0.15) is 0 Å². The first kappa shape index (κ1) is 37.2. The Labute approximate surface area is 294 Å². The van der Waals surface area contributed by atoms with E-state index >= 15 is 17.6 Å². The Kier molecular flexibility index (Phi) is 10.9. The van der Waals surface area contributed by atoms with Crippen LogP contribution in [0.15, 0.2) is 121 Å². The van der Waals surface area contributed by atoms with Gasteiger partial charge < -0.3 is 0 Å². The molecule has 266 valence electrons. The summed E-state index contributed by atoms with van der Waals surface area (Å²) in [5, 5.41) is 2.11. The molecule has 0 atom stereocenters. The Morgan fingerprint density at radius 2 is 0.462 bits per heavy atom. The molecule has 0 aliphatic rings. The van der Waals surface area contributed by atoms with Crippen LogP contribution in [-0.4, -0.2) is 12.3 Å². The van der Waals surface area contributed by atoms with Crippen LogP contribution in [0.25, 0.3) is 0 Å². The lowest BCUT2D eigenvalue weighted by atomic mass is 10.2. The van der Waals surface area contributed by atoms with Crippen molar-refractivity contribution in [1.29, 1.82) is 0 Å². The summed E-state index contributed by atoms with van der Waals surface area (Å²) in [6, 6.07) is 33.5. The van der Waals surface area contributed by atoms with Crippen molar-refractivity contribution in [3.63, 3.8) is 0 Å². The Hall–Kier alpha value is -4.52. The van der Waals surface area contributed by atoms with E-state index in [0.717, 1.165) is 0 Å². The molecular formula is C40H28F10P2+2. The van der Waals surface area contributed by atoms with E-state index in [1.807, 2.05) is 0 Å². The summed E-state index contributed by atoms with van der Waals surface area (Å²) in [7, 11) is -6.66. The molecule has 12 heteroatoms. The van der Waals surface area contributed by atoms with Crippen molar-refractivity contribution in [1.82, 2.24) is 0 Å². The Balaban J connectivity index is 1.65. The average molecular weight is 761 g/mol. The molecule has 0 bridgehead atoms. The van der Waals surface area contributed by atoms with E-state index in [4.69, 9.17) is 0 Å². The molecule has 52 heavy (non-hydrogen) atoms. The van der Waals surface area contributed by atoms with Crippen molar-refractivity contribution < 1.29 is 43.9 Å². The predicted molar refractivity (Wildman–Crippen MR) is 188 cm³/mol. The topological polar surface area (TPSA) is 0 Å². The normalized spacial score (nSPS) is 12.0. The highest BCUT2D eigenvalue weighted by Crippen LogP contribution is 2.67. The molecule has 0 heterocycles. The fourth-order valence-corrected chi connectivity index (χ4v) is 16.7. The fourth-order valence-electron chi connectivity index (χ4n) is 6.65. The molecule has 0 aromatic heterocycles. The Morgan fingerprint density at radius 1 is 0.269 bits per heavy atom. The molecule has 0 spiro atoms. The first-order chi connectivity index (χ1) is 24.9. The molecule has 0 aliphatic carbocycles. The number of halogens is 10. The summed E-state index contributed by atoms with van der Waals surface area (Å²) in [4.78, 5) is 0. The van der Waals surface area contributed by atoms with E-state index in [9.17, 15) is 26.3 Å². The zero-order chi connectivity index (χ0) is 37.2. The van der Waals surface area contributed by atoms with Gasteiger partial charge in [0.2, 0.25) is 11.6 Å². The van der Waals surface area contributed by atoms with Crippen molar-refractivity contribution in [3.8, 4) is 0 Å². The van der Waals surface area contributed by atoms with Crippen LogP contribution in [0.1, 0.15) is 11.1 Å². The van der Waals surface area contributed by atoms with Gasteiger partial charge in [0, 0.05) is 0 Å². The highest BCUT2D eigenvalue weighted by atomic mass is 31.2. The second-order valence-electron chi connectivity index (χ2n) is 12.1. The van der Waals surface area contributed by atoms with Gasteiger partial charge in [-0.25, -0.2) is 43.9 Å². The van der Waals surface area contributed by atoms with Gasteiger partial charge in [-0.3, -0.25) is 0 Å². The van der Waals surface area contributed by atoms with Gasteiger partial charge in [0.15, 0.2) is 46.5 Å². The van der Waals surface area contributed by atoms with E-state index in [1.54, 1.807) is 121 Å². The summed E-state index contributed by atoms with van der Waals surface area (Å²) in [6.45, 7) is 0. The van der Waals surface area contributed by atoms with Gasteiger partial charge in [-0.15, -0.1) is 0 Å². The molecule has 0 unspecified atom stereocenters. The number of rotatable bonds is 11. The molecule has 6 rings (SSSR count). The first-order valence-electron chi connectivity index (χ1n) is 15.9. The van der Waals surface area contributed by atoms with Gasteiger partial charge >= 0.3 is 0 Å². The van der Waals surface area contributed by atoms with Crippen LogP contribution in [0.3, 0.4) is 0 Å². The van der Waals surface area contributed by atoms with E-state index in [2.05, 4.69) is 0 Å². The lowest BCUT2D eigenvalue weighted by Gasteiger charge is -2.33. The number of hydrogen-bond acceptors (Lipinski definition) is 0. The highest BCUT2D eigenvalue weighted by Gasteiger charge is 2.52. The molecule has 0 radical (unpaired) electrons. The van der Waals surface area contributed by atoms with Crippen molar-refractivity contribution in [2.24, 2.45) is 0 Å². The minimum Gasteiger partial charge on any atom is -0.203 e. The van der Waals surface area contributed by atoms with Crippen molar-refractivity contribution >= 4 is 35.7 Å². The second-order valence-corrected chi connectivity index (χ2v) is 19.6. The third kappa shape index (κ3) is 6.63. The molecule has 6 aromatic carbocycles. The Morgan fingerprint density at radius 3 is 0.673 bits per heavy atom. The molecule has 6 aromatic rings. The van der Waals surface area contributed by atoms with Gasteiger partial charge in [-0.1, -0.05) is 72.8 Å². The zero-order valence-corrected chi connectivity index (χ0v) is 28.8. The maximum atomic E-state index is 15.6. The van der Waals surface area contributed by atoms with Crippen LogP contribution >= 0.6 is 14.5 Å². The molecule has 0 aliphatic heterocycles. The largest absolute Gasteiger partial charge is 0.203 e. The summed E-state index contributed by atoms with van der Waals surface area (Å²) in [6.07, 6.45) is -1.35. The monoisotopic (exact) mass is 760 g/mol. The fraction of sp³-hybridized carbons (Fsp3) is 0.100. The molecule has 0 nitrogen and oxygen atoms in total. The third-order valence-corrected chi connectivity index (χ3v) is 18.5. The van der Waals surface area contributed by atoms with Gasteiger partial charge in [0.1, 0.15) is 12.3 Å². The third-order valence-electron chi connectivity index (χ3n) is 9.32. The SMILES string of the molecule is Fc1c(F)c(F)c(C[P+](CC[P+](Cc2c(F)c(F)c(F)c(F)c2F)(c2ccccc2)c2ccccc2)(c2ccccc2)c2ccccc2)c(F)c1F. The zero-order valence-electron chi connectivity index (χ0n) is 27.0. The summed E-state index contributed by atoms with van der Waals surface area (Å²) in [5.74, 6) is -21.0. The van der Waals surface area contributed by atoms with Crippen molar-refractivity contribution in [2.45, 2.75) is 12.3 Å². The minimum absolute atomic E-state index is 0.0342. The molecule has 0 saturated heterocycles. The maximum absolute atomic E-state index is 15.6. The van der Waals surface area contributed by atoms with E-state index < -0.39 is 96.1 Å². The predicted octanol–water partition coefficient (Wildman–Crippen LogP) is 10.1. The number of benzene rings is 6. The van der Waals surface area contributed by atoms with E-state index in [1.165, 1.54) is 0 Å². The van der Waals surface area contributed by atoms with Gasteiger partial charge in [0.05, 0.1) is 59.2 Å². The van der Waals surface area contributed by atoms with Crippen molar-refractivity contribution in [2.75, 3.05) is 12.3 Å². The quantitative estimate of drug-likeness (QED) is 0.0534. The van der Waals surface area contributed by atoms with Crippen LogP contribution in [0, 0.1) is 58.2 Å². The standard InChI is InChI=1S/C40H28F10P2/c41-31-29(32(42)36(46)39(49)35(31)45)23-51(25-13-5-1-6-14-25,26-15-7-2-8-16-26)21-22-52(27-17-9-3-10-18-27,28-19-11-4-12-20-28)24-30-33(43)37(47)40(50)38(48)34(30)44/h1-20H,21-24H2/q+2. The smallest absolute Gasteiger partial charge is 0.200 e. The molecule has 0 N–H and O–H groups in total. The molecular weight excluding hydrogens is 732 g/mol. The van der Waals surface area contributed by atoms with Crippen LogP contribution in [0.5, 0.6) is 0 Å². The van der Waals surface area contributed by atoms with Crippen LogP contribution in [0.2, 0.25) is 0 Å². The van der Waals surface area contributed by atoms with Crippen LogP contribution < -0.4 is 21.2 Å². The molecule has 0 amide bonds. The minimum atomic E-state index is -3.33. The lowest BCUT2D eigenvalue weighted by Crippen LogP contribution is -2.33. The van der Waals surface area contributed by atoms with Crippen LogP contribution in [-0.2, 0) is 12.3 Å². The lowest BCUT2D eigenvalue weighted by molar-refractivity contribution is 0.372.